The van der Waals surface area contributed by atoms with E-state index in [1.54, 1.807) is 55.7 Å². The summed E-state index contributed by atoms with van der Waals surface area (Å²) in [6.07, 6.45) is 4.79. The predicted molar refractivity (Wildman–Crippen MR) is 109 cm³/mol. The van der Waals surface area contributed by atoms with Gasteiger partial charge in [-0.15, -0.1) is 0 Å². The first-order valence-corrected chi connectivity index (χ1v) is 10.6. The molecule has 3 rings (SSSR count). The van der Waals surface area contributed by atoms with Crippen LogP contribution in [0, 0.1) is 0 Å². The number of sulfonamides is 1. The first kappa shape index (κ1) is 20.4. The summed E-state index contributed by atoms with van der Waals surface area (Å²) in [5, 5.41) is 3.31. The van der Waals surface area contributed by atoms with Gasteiger partial charge in [0.05, 0.1) is 12.0 Å². The van der Waals surface area contributed by atoms with E-state index in [0.29, 0.717) is 16.3 Å². The van der Waals surface area contributed by atoms with E-state index in [9.17, 15) is 13.2 Å². The van der Waals surface area contributed by atoms with Crippen molar-refractivity contribution in [2.24, 2.45) is 0 Å². The van der Waals surface area contributed by atoms with Gasteiger partial charge in [0, 0.05) is 29.2 Å². The number of rotatable bonds is 8. The summed E-state index contributed by atoms with van der Waals surface area (Å²) in [6, 6.07) is 11.7. The van der Waals surface area contributed by atoms with E-state index in [0.717, 1.165) is 18.4 Å². The van der Waals surface area contributed by atoms with Gasteiger partial charge < -0.3 is 10.1 Å². The highest BCUT2D eigenvalue weighted by Gasteiger charge is 2.27. The van der Waals surface area contributed by atoms with Crippen molar-refractivity contribution in [3.05, 3.63) is 64.7 Å². The summed E-state index contributed by atoms with van der Waals surface area (Å²) in [7, 11) is -1.92. The van der Waals surface area contributed by atoms with Crippen LogP contribution in [0.15, 0.2) is 53.4 Å². The molecule has 8 heteroatoms. The zero-order valence-electron chi connectivity index (χ0n) is 15.3. The third-order valence-electron chi connectivity index (χ3n) is 4.21. The Morgan fingerprint density at radius 2 is 1.93 bits per heavy atom. The quantitative estimate of drug-likeness (QED) is 0.642. The van der Waals surface area contributed by atoms with Gasteiger partial charge in [-0.2, -0.15) is 0 Å². The number of carbonyl (C=O) groups excluding carboxylic acids is 1. The molecule has 2 N–H and O–H groups in total. The number of methoxy groups -OCH3 is 1. The van der Waals surface area contributed by atoms with Crippen molar-refractivity contribution >= 4 is 33.6 Å². The minimum Gasteiger partial charge on any atom is -0.496 e. The number of amides is 1. The number of carbonyl (C=O) groups is 1. The zero-order valence-corrected chi connectivity index (χ0v) is 16.9. The molecule has 2 aromatic rings. The highest BCUT2D eigenvalue weighted by atomic mass is 35.5. The van der Waals surface area contributed by atoms with E-state index >= 15 is 0 Å². The van der Waals surface area contributed by atoms with Gasteiger partial charge in [0.25, 0.3) is 0 Å². The average Bonchev–Trinajstić information content (AvgIpc) is 3.48. The molecule has 0 spiro atoms. The number of halogens is 1. The lowest BCUT2D eigenvalue weighted by molar-refractivity contribution is -0.116. The summed E-state index contributed by atoms with van der Waals surface area (Å²) in [6.45, 7) is 0.284. The highest BCUT2D eigenvalue weighted by Crippen LogP contribution is 2.24. The molecular weight excluding hydrogens is 400 g/mol. The molecule has 0 saturated heterocycles. The van der Waals surface area contributed by atoms with Crippen LogP contribution in [-0.4, -0.2) is 27.5 Å². The Morgan fingerprint density at radius 1 is 1.21 bits per heavy atom. The lowest BCUT2D eigenvalue weighted by atomic mass is 10.2. The molecule has 28 heavy (non-hydrogen) atoms. The number of benzene rings is 2. The van der Waals surface area contributed by atoms with Gasteiger partial charge in [-0.3, -0.25) is 4.79 Å². The normalized spacial score (nSPS) is 14.2. The fraction of sp³-hybridized carbons (Fsp3) is 0.250. The van der Waals surface area contributed by atoms with Crippen LogP contribution in [0.3, 0.4) is 0 Å². The second-order valence-corrected chi connectivity index (χ2v) is 8.63. The largest absolute Gasteiger partial charge is 0.496 e. The molecule has 0 bridgehead atoms. The van der Waals surface area contributed by atoms with Crippen LogP contribution in [0.1, 0.15) is 24.0 Å². The van der Waals surface area contributed by atoms with Crippen molar-refractivity contribution in [1.29, 1.82) is 0 Å². The van der Waals surface area contributed by atoms with Gasteiger partial charge >= 0.3 is 0 Å². The molecule has 1 saturated carbocycles. The van der Waals surface area contributed by atoms with E-state index in [-0.39, 0.29) is 23.4 Å². The van der Waals surface area contributed by atoms with Crippen molar-refractivity contribution < 1.29 is 17.9 Å². The molecule has 1 aliphatic carbocycles. The van der Waals surface area contributed by atoms with E-state index in [1.807, 2.05) is 0 Å². The second kappa shape index (κ2) is 8.77. The molecule has 2 aromatic carbocycles. The molecule has 0 heterocycles. The summed E-state index contributed by atoms with van der Waals surface area (Å²) in [4.78, 5) is 12.3. The monoisotopic (exact) mass is 420 g/mol. The molecule has 6 nitrogen and oxygen atoms in total. The predicted octanol–water partition coefficient (Wildman–Crippen LogP) is 3.12. The minimum absolute atomic E-state index is 0.0638. The van der Waals surface area contributed by atoms with Crippen LogP contribution in [0.5, 0.6) is 5.75 Å². The minimum atomic E-state index is -3.47. The molecule has 0 atom stereocenters. The van der Waals surface area contributed by atoms with E-state index in [1.165, 1.54) is 6.08 Å². The molecule has 0 unspecified atom stereocenters. The first-order chi connectivity index (χ1) is 13.4. The fourth-order valence-electron chi connectivity index (χ4n) is 2.52. The molecular formula is C20H21ClN2O4S. The maximum atomic E-state index is 12.1. The highest BCUT2D eigenvalue weighted by molar-refractivity contribution is 7.89. The third kappa shape index (κ3) is 5.58. The fourth-order valence-corrected chi connectivity index (χ4v) is 4.01. The Bertz CT molecular complexity index is 984. The van der Waals surface area contributed by atoms with Crippen LogP contribution in [0.25, 0.3) is 6.08 Å². The number of ether oxygens (including phenoxy) is 1. The Kier molecular flexibility index (Phi) is 6.39. The molecule has 1 fully saturated rings. The van der Waals surface area contributed by atoms with E-state index in [2.05, 4.69) is 10.0 Å². The van der Waals surface area contributed by atoms with E-state index < -0.39 is 10.0 Å². The Morgan fingerprint density at radius 3 is 2.57 bits per heavy atom. The van der Waals surface area contributed by atoms with Gasteiger partial charge in [-0.1, -0.05) is 23.7 Å². The van der Waals surface area contributed by atoms with Gasteiger partial charge in [-0.05, 0) is 54.8 Å². The average molecular weight is 421 g/mol. The van der Waals surface area contributed by atoms with Crippen LogP contribution >= 0.6 is 11.6 Å². The maximum absolute atomic E-state index is 12.1. The number of nitrogens with one attached hydrogen (secondary N) is 2. The van der Waals surface area contributed by atoms with Crippen molar-refractivity contribution in [3.8, 4) is 5.75 Å². The van der Waals surface area contributed by atoms with Crippen molar-refractivity contribution in [2.75, 3.05) is 7.11 Å². The van der Waals surface area contributed by atoms with Gasteiger partial charge in [0.2, 0.25) is 15.9 Å². The van der Waals surface area contributed by atoms with Crippen LogP contribution in [0.4, 0.5) is 0 Å². The molecule has 148 valence electrons. The van der Waals surface area contributed by atoms with Gasteiger partial charge in [-0.25, -0.2) is 13.1 Å². The summed E-state index contributed by atoms with van der Waals surface area (Å²) >= 11 is 5.97. The molecule has 1 aliphatic rings. The Balaban J connectivity index is 1.56. The van der Waals surface area contributed by atoms with Crippen molar-refractivity contribution in [1.82, 2.24) is 10.0 Å². The van der Waals surface area contributed by atoms with Gasteiger partial charge in [0.15, 0.2) is 0 Å². The summed E-state index contributed by atoms with van der Waals surface area (Å²) in [5.41, 5.74) is 1.50. The smallest absolute Gasteiger partial charge is 0.244 e. The number of hydrogen-bond acceptors (Lipinski definition) is 4. The third-order valence-corrected chi connectivity index (χ3v) is 5.98. The topological polar surface area (TPSA) is 84.5 Å². The zero-order chi connectivity index (χ0) is 20.1. The summed E-state index contributed by atoms with van der Waals surface area (Å²) < 4.78 is 32.2. The van der Waals surface area contributed by atoms with Gasteiger partial charge in [0.1, 0.15) is 5.75 Å². The van der Waals surface area contributed by atoms with Crippen LogP contribution in [-0.2, 0) is 21.4 Å². The molecule has 1 amide bonds. The second-order valence-electron chi connectivity index (χ2n) is 6.48. The summed E-state index contributed by atoms with van der Waals surface area (Å²) in [5.74, 6) is 0.333. The van der Waals surface area contributed by atoms with Crippen molar-refractivity contribution in [2.45, 2.75) is 30.3 Å². The van der Waals surface area contributed by atoms with Crippen LogP contribution < -0.4 is 14.8 Å². The standard InChI is InChI=1S/C20H21ClN2O4S/c1-27-19-10-5-16(21)12-15(19)4-11-20(24)22-13-14-2-8-18(9-3-14)28(25,26)23-17-6-7-17/h2-5,8-12,17,23H,6-7,13H2,1H3,(H,22,24)/b11-4+. The molecule has 0 radical (unpaired) electrons. The SMILES string of the molecule is COc1ccc(Cl)cc1/C=C/C(=O)NCc1ccc(S(=O)(=O)NC2CC2)cc1. The van der Waals surface area contributed by atoms with E-state index in [4.69, 9.17) is 16.3 Å². The van der Waals surface area contributed by atoms with Crippen molar-refractivity contribution in [3.63, 3.8) is 0 Å². The Labute approximate surface area is 169 Å². The number of hydrogen-bond donors (Lipinski definition) is 2. The maximum Gasteiger partial charge on any atom is 0.244 e. The first-order valence-electron chi connectivity index (χ1n) is 8.78. The molecule has 0 aliphatic heterocycles. The molecule has 0 aromatic heterocycles. The lowest BCUT2D eigenvalue weighted by Crippen LogP contribution is -2.25. The Hall–Kier alpha value is -2.35. The lowest BCUT2D eigenvalue weighted by Gasteiger charge is -2.07. The van der Waals surface area contributed by atoms with Crippen LogP contribution in [0.2, 0.25) is 5.02 Å².